The van der Waals surface area contributed by atoms with Crippen molar-refractivity contribution in [3.05, 3.63) is 87.1 Å². The van der Waals surface area contributed by atoms with Crippen LogP contribution in [0.15, 0.2) is 48.7 Å². The molecule has 3 rings (SSSR count). The van der Waals surface area contributed by atoms with Crippen molar-refractivity contribution < 1.29 is 18.0 Å². The number of amides is 1. The molecule has 0 aliphatic carbocycles. The molecule has 0 saturated carbocycles. The molecule has 0 aliphatic heterocycles. The summed E-state index contributed by atoms with van der Waals surface area (Å²) >= 11 is 1.42. The normalized spacial score (nSPS) is 10.7. The summed E-state index contributed by atoms with van der Waals surface area (Å²) in [6.45, 7) is 0.186. The highest BCUT2D eigenvalue weighted by atomic mass is 32.1. The van der Waals surface area contributed by atoms with Gasteiger partial charge < -0.3 is 5.32 Å². The molecule has 3 nitrogen and oxygen atoms in total. The Morgan fingerprint density at radius 3 is 2.52 bits per heavy atom. The molecule has 1 amide bonds. The van der Waals surface area contributed by atoms with Crippen molar-refractivity contribution >= 4 is 17.2 Å². The van der Waals surface area contributed by atoms with E-state index in [4.69, 9.17) is 0 Å². The molecule has 0 bridgehead atoms. The molecule has 1 aromatic heterocycles. The summed E-state index contributed by atoms with van der Waals surface area (Å²) in [5.41, 5.74) is 1.00. The lowest BCUT2D eigenvalue weighted by Crippen LogP contribution is -2.22. The van der Waals surface area contributed by atoms with Crippen LogP contribution in [0.5, 0.6) is 0 Å². The van der Waals surface area contributed by atoms with Crippen LogP contribution in [0.4, 0.5) is 13.2 Å². The molecule has 0 aliphatic rings. The van der Waals surface area contributed by atoms with Crippen LogP contribution in [0.1, 0.15) is 25.8 Å². The van der Waals surface area contributed by atoms with Crippen molar-refractivity contribution in [1.82, 2.24) is 10.3 Å². The third-order valence-corrected chi connectivity index (χ3v) is 4.47. The number of thiazole rings is 1. The molecule has 3 aromatic rings. The summed E-state index contributed by atoms with van der Waals surface area (Å²) in [4.78, 5) is 17.2. The second-order valence-corrected chi connectivity index (χ2v) is 6.53. The smallest absolute Gasteiger partial charge is 0.251 e. The number of carbonyl (C=O) groups excluding carboxylic acids is 1. The van der Waals surface area contributed by atoms with Crippen LogP contribution in [0.2, 0.25) is 0 Å². The molecule has 0 unspecified atom stereocenters. The minimum absolute atomic E-state index is 0.0435. The van der Waals surface area contributed by atoms with Crippen LogP contribution in [-0.2, 0) is 13.0 Å². The first-order chi connectivity index (χ1) is 12.0. The second-order valence-electron chi connectivity index (χ2n) is 5.34. The van der Waals surface area contributed by atoms with Gasteiger partial charge in [0, 0.05) is 23.1 Å². The lowest BCUT2D eigenvalue weighted by molar-refractivity contribution is 0.0950. The van der Waals surface area contributed by atoms with E-state index < -0.39 is 17.5 Å². The van der Waals surface area contributed by atoms with Crippen molar-refractivity contribution in [1.29, 1.82) is 0 Å². The van der Waals surface area contributed by atoms with Gasteiger partial charge in [-0.15, -0.1) is 11.3 Å². The molecule has 0 fully saturated rings. The maximum absolute atomic E-state index is 13.1. The predicted molar refractivity (Wildman–Crippen MR) is 88.8 cm³/mol. The summed E-state index contributed by atoms with van der Waals surface area (Å²) in [7, 11) is 0. The molecular formula is C18H13F3N2OS. The van der Waals surface area contributed by atoms with E-state index in [2.05, 4.69) is 10.3 Å². The lowest BCUT2D eigenvalue weighted by Gasteiger charge is -2.03. The summed E-state index contributed by atoms with van der Waals surface area (Å²) in [6, 6.07) is 9.20. The van der Waals surface area contributed by atoms with Gasteiger partial charge in [0.05, 0.1) is 6.54 Å². The Balaban J connectivity index is 1.58. The minimum Gasteiger partial charge on any atom is -0.346 e. The van der Waals surface area contributed by atoms with Gasteiger partial charge in [-0.25, -0.2) is 18.2 Å². The largest absolute Gasteiger partial charge is 0.346 e. The van der Waals surface area contributed by atoms with Crippen molar-refractivity contribution in [3.63, 3.8) is 0 Å². The van der Waals surface area contributed by atoms with E-state index in [0.29, 0.717) is 11.4 Å². The van der Waals surface area contributed by atoms with Gasteiger partial charge in [-0.05, 0) is 35.9 Å². The third-order valence-electron chi connectivity index (χ3n) is 3.48. The van der Waals surface area contributed by atoms with Crippen molar-refractivity contribution in [2.75, 3.05) is 0 Å². The number of nitrogens with one attached hydrogen (secondary N) is 1. The Labute approximate surface area is 146 Å². The fraction of sp³-hybridized carbons (Fsp3) is 0.111. The van der Waals surface area contributed by atoms with Crippen molar-refractivity contribution in [3.8, 4) is 0 Å². The molecule has 0 radical (unpaired) electrons. The molecule has 128 valence electrons. The number of rotatable bonds is 5. The van der Waals surface area contributed by atoms with Gasteiger partial charge in [-0.2, -0.15) is 0 Å². The van der Waals surface area contributed by atoms with Crippen LogP contribution >= 0.6 is 11.3 Å². The molecule has 0 saturated heterocycles. The van der Waals surface area contributed by atoms with Gasteiger partial charge in [-0.3, -0.25) is 4.79 Å². The van der Waals surface area contributed by atoms with Crippen molar-refractivity contribution in [2.45, 2.75) is 13.0 Å². The van der Waals surface area contributed by atoms with E-state index in [0.717, 1.165) is 22.6 Å². The van der Waals surface area contributed by atoms with E-state index in [1.54, 1.807) is 18.3 Å². The van der Waals surface area contributed by atoms with Gasteiger partial charge in [-0.1, -0.05) is 12.1 Å². The number of hydrogen-bond donors (Lipinski definition) is 1. The number of hydrogen-bond acceptors (Lipinski definition) is 3. The van der Waals surface area contributed by atoms with Gasteiger partial charge in [0.25, 0.3) is 5.91 Å². The van der Waals surface area contributed by atoms with E-state index in [-0.39, 0.29) is 17.9 Å². The SMILES string of the molecule is O=C(NCc1ncc(Cc2ccc(F)cc2)s1)c1ccc(F)c(F)c1. The Bertz CT molecular complexity index is 894. The van der Waals surface area contributed by atoms with E-state index in [1.807, 2.05) is 0 Å². The Morgan fingerprint density at radius 1 is 1.04 bits per heavy atom. The Morgan fingerprint density at radius 2 is 1.80 bits per heavy atom. The van der Waals surface area contributed by atoms with Crippen LogP contribution < -0.4 is 5.32 Å². The van der Waals surface area contributed by atoms with Crippen LogP contribution in [0, 0.1) is 17.5 Å². The van der Waals surface area contributed by atoms with Crippen molar-refractivity contribution in [2.24, 2.45) is 0 Å². The summed E-state index contributed by atoms with van der Waals surface area (Å²) in [6.07, 6.45) is 2.32. The molecule has 7 heteroatoms. The van der Waals surface area contributed by atoms with E-state index >= 15 is 0 Å². The number of aromatic nitrogens is 1. The average molecular weight is 362 g/mol. The maximum Gasteiger partial charge on any atom is 0.251 e. The quantitative estimate of drug-likeness (QED) is 0.743. The lowest BCUT2D eigenvalue weighted by atomic mass is 10.1. The number of nitrogens with zero attached hydrogens (tertiary/aromatic N) is 1. The monoisotopic (exact) mass is 362 g/mol. The second kappa shape index (κ2) is 7.48. The fourth-order valence-corrected chi connectivity index (χ4v) is 3.11. The summed E-state index contributed by atoms with van der Waals surface area (Å²) < 4.78 is 38.9. The molecule has 2 aromatic carbocycles. The molecule has 0 atom stereocenters. The van der Waals surface area contributed by atoms with Gasteiger partial charge in [0.2, 0.25) is 0 Å². The zero-order valence-corrected chi connectivity index (χ0v) is 13.7. The third kappa shape index (κ3) is 4.45. The summed E-state index contributed by atoms with van der Waals surface area (Å²) in [5.74, 6) is -2.85. The van der Waals surface area contributed by atoms with Crippen LogP contribution in [-0.4, -0.2) is 10.9 Å². The minimum atomic E-state index is -1.07. The van der Waals surface area contributed by atoms with Gasteiger partial charge in [0.1, 0.15) is 10.8 Å². The first-order valence-corrected chi connectivity index (χ1v) is 8.24. The highest BCUT2D eigenvalue weighted by Gasteiger charge is 2.11. The Hall–Kier alpha value is -2.67. The topological polar surface area (TPSA) is 42.0 Å². The van der Waals surface area contributed by atoms with E-state index in [1.165, 1.54) is 29.5 Å². The highest BCUT2D eigenvalue weighted by Crippen LogP contribution is 2.18. The highest BCUT2D eigenvalue weighted by molar-refractivity contribution is 7.11. The molecule has 1 N–H and O–H groups in total. The fourth-order valence-electron chi connectivity index (χ4n) is 2.21. The van der Waals surface area contributed by atoms with Crippen LogP contribution in [0.3, 0.4) is 0 Å². The molecule has 0 spiro atoms. The first-order valence-electron chi connectivity index (χ1n) is 7.42. The molecular weight excluding hydrogens is 349 g/mol. The molecule has 25 heavy (non-hydrogen) atoms. The van der Waals surface area contributed by atoms with E-state index in [9.17, 15) is 18.0 Å². The number of benzene rings is 2. The predicted octanol–water partition coefficient (Wildman–Crippen LogP) is 4.08. The number of carbonyl (C=O) groups is 1. The standard InChI is InChI=1S/C18H13F3N2OS/c19-13-4-1-11(2-5-13)7-14-9-22-17(25-14)10-23-18(24)12-3-6-15(20)16(21)8-12/h1-6,8-9H,7,10H2,(H,23,24). The van der Waals surface area contributed by atoms with Crippen LogP contribution in [0.25, 0.3) is 0 Å². The van der Waals surface area contributed by atoms with Gasteiger partial charge >= 0.3 is 0 Å². The average Bonchev–Trinajstić information content (AvgIpc) is 3.04. The number of halogens is 3. The first kappa shape index (κ1) is 17.2. The zero-order valence-electron chi connectivity index (χ0n) is 12.9. The zero-order chi connectivity index (χ0) is 17.8. The molecule has 1 heterocycles. The maximum atomic E-state index is 13.1. The van der Waals surface area contributed by atoms with Gasteiger partial charge in [0.15, 0.2) is 11.6 Å². The Kier molecular flexibility index (Phi) is 5.14. The summed E-state index contributed by atoms with van der Waals surface area (Å²) in [5, 5.41) is 3.30.